The van der Waals surface area contributed by atoms with E-state index in [1.54, 1.807) is 25.1 Å². The summed E-state index contributed by atoms with van der Waals surface area (Å²) in [5.41, 5.74) is 0.665. The van der Waals surface area contributed by atoms with Crippen LogP contribution < -0.4 is 14.8 Å². The van der Waals surface area contributed by atoms with Crippen LogP contribution in [0.2, 0.25) is 0 Å². The molecule has 1 N–H and O–H groups in total. The van der Waals surface area contributed by atoms with E-state index >= 15 is 0 Å². The third kappa shape index (κ3) is 14.4. The van der Waals surface area contributed by atoms with Crippen molar-refractivity contribution in [3.63, 3.8) is 0 Å². The van der Waals surface area contributed by atoms with Crippen LogP contribution >= 0.6 is 0 Å². The Bertz CT molecular complexity index is 959. The van der Waals surface area contributed by atoms with Gasteiger partial charge in [0.05, 0.1) is 7.11 Å². The predicted octanol–water partition coefficient (Wildman–Crippen LogP) is 5.41. The number of carbonyl (C=O) groups excluding carboxylic acids is 4. The molecule has 40 heavy (non-hydrogen) atoms. The monoisotopic (exact) mass is 563 g/mol. The summed E-state index contributed by atoms with van der Waals surface area (Å²) in [5.74, 6) is -0.416. The van der Waals surface area contributed by atoms with Crippen LogP contribution in [0.5, 0.6) is 11.5 Å². The highest BCUT2D eigenvalue weighted by atomic mass is 16.6. The lowest BCUT2D eigenvalue weighted by Crippen LogP contribution is -2.43. The smallest absolute Gasteiger partial charge is 0.323 e. The van der Waals surface area contributed by atoms with Gasteiger partial charge in [0.15, 0.2) is 11.5 Å². The van der Waals surface area contributed by atoms with Gasteiger partial charge in [-0.1, -0.05) is 54.0 Å². The van der Waals surface area contributed by atoms with Crippen molar-refractivity contribution in [3.05, 3.63) is 23.8 Å². The summed E-state index contributed by atoms with van der Waals surface area (Å²) in [4.78, 5) is 49.6. The Labute approximate surface area is 239 Å². The molecule has 0 bridgehead atoms. The first-order chi connectivity index (χ1) is 18.8. The summed E-state index contributed by atoms with van der Waals surface area (Å²) >= 11 is 0. The zero-order valence-corrected chi connectivity index (χ0v) is 25.5. The van der Waals surface area contributed by atoms with Crippen LogP contribution in [0.15, 0.2) is 18.2 Å². The molecule has 1 aromatic rings. The van der Waals surface area contributed by atoms with E-state index in [1.807, 2.05) is 41.5 Å². The largest absolute Gasteiger partial charge is 0.468 e. The Kier molecular flexibility index (Phi) is 16.2. The molecule has 0 heterocycles. The minimum atomic E-state index is -0.746. The van der Waals surface area contributed by atoms with Gasteiger partial charge in [0.25, 0.3) is 0 Å². The van der Waals surface area contributed by atoms with Crippen molar-refractivity contribution >= 4 is 23.9 Å². The number of esters is 4. The first-order valence-electron chi connectivity index (χ1n) is 14.4. The first-order valence-corrected chi connectivity index (χ1v) is 14.4. The highest BCUT2D eigenvalue weighted by molar-refractivity contribution is 5.77. The normalized spacial score (nSPS) is 13.4. The van der Waals surface area contributed by atoms with E-state index < -0.39 is 30.1 Å². The van der Waals surface area contributed by atoms with E-state index in [0.717, 1.165) is 6.42 Å². The molecule has 0 saturated carbocycles. The number of hydrogen-bond donors (Lipinski definition) is 1. The van der Waals surface area contributed by atoms with Crippen LogP contribution in [0.25, 0.3) is 0 Å². The second-order valence-corrected chi connectivity index (χ2v) is 11.3. The van der Waals surface area contributed by atoms with E-state index in [1.165, 1.54) is 7.11 Å². The second-order valence-electron chi connectivity index (χ2n) is 11.3. The maximum Gasteiger partial charge on any atom is 0.323 e. The van der Waals surface area contributed by atoms with Gasteiger partial charge in [-0.3, -0.25) is 19.2 Å². The summed E-state index contributed by atoms with van der Waals surface area (Å²) in [6.45, 7) is 14.1. The molecule has 0 saturated heterocycles. The molecule has 0 amide bonds. The molecule has 0 radical (unpaired) electrons. The molecule has 0 aliphatic rings. The summed E-state index contributed by atoms with van der Waals surface area (Å²) in [6.07, 6.45) is 2.80. The fraction of sp³-hybridized carbons (Fsp3) is 0.677. The molecule has 0 aliphatic heterocycles. The maximum absolute atomic E-state index is 12.5. The molecule has 0 aliphatic carbocycles. The van der Waals surface area contributed by atoms with E-state index in [9.17, 15) is 19.2 Å². The average Bonchev–Trinajstić information content (AvgIpc) is 2.89. The van der Waals surface area contributed by atoms with Crippen LogP contribution in [0.4, 0.5) is 0 Å². The lowest BCUT2D eigenvalue weighted by atomic mass is 10.0. The molecular weight excluding hydrogens is 514 g/mol. The van der Waals surface area contributed by atoms with Crippen LogP contribution in [0, 0.1) is 17.8 Å². The molecule has 0 aromatic heterocycles. The Morgan fingerprint density at radius 3 is 1.93 bits per heavy atom. The van der Waals surface area contributed by atoms with Gasteiger partial charge in [-0.15, -0.1) is 0 Å². The molecule has 1 rings (SSSR count). The van der Waals surface area contributed by atoms with E-state index in [-0.39, 0.29) is 49.2 Å². The zero-order chi connectivity index (χ0) is 30.2. The third-order valence-corrected chi connectivity index (χ3v) is 6.43. The van der Waals surface area contributed by atoms with Gasteiger partial charge in [0, 0.05) is 25.8 Å². The zero-order valence-electron chi connectivity index (χ0n) is 25.5. The quantitative estimate of drug-likeness (QED) is 0.185. The minimum absolute atomic E-state index is 0.125. The number of nitrogens with one attached hydrogen (secondary N) is 1. The van der Waals surface area contributed by atoms with Crippen molar-refractivity contribution in [1.29, 1.82) is 0 Å². The Balaban J connectivity index is 3.02. The molecule has 1 aromatic carbocycles. The van der Waals surface area contributed by atoms with Crippen LogP contribution in [-0.4, -0.2) is 49.7 Å². The van der Waals surface area contributed by atoms with Gasteiger partial charge < -0.3 is 24.3 Å². The maximum atomic E-state index is 12.5. The predicted molar refractivity (Wildman–Crippen MR) is 153 cm³/mol. The Morgan fingerprint density at radius 2 is 1.40 bits per heavy atom. The van der Waals surface area contributed by atoms with Crippen LogP contribution in [0.1, 0.15) is 92.6 Å². The van der Waals surface area contributed by atoms with Crippen molar-refractivity contribution in [2.75, 3.05) is 13.7 Å². The van der Waals surface area contributed by atoms with Crippen molar-refractivity contribution in [1.82, 2.24) is 5.32 Å². The van der Waals surface area contributed by atoms with Gasteiger partial charge in [-0.05, 0) is 61.6 Å². The van der Waals surface area contributed by atoms with E-state index in [4.69, 9.17) is 18.9 Å². The van der Waals surface area contributed by atoms with Crippen LogP contribution in [0.3, 0.4) is 0 Å². The van der Waals surface area contributed by atoms with Gasteiger partial charge in [0.1, 0.15) is 12.1 Å². The minimum Gasteiger partial charge on any atom is -0.468 e. The number of benzene rings is 1. The second kappa shape index (κ2) is 18.4. The molecule has 2 unspecified atom stereocenters. The standard InChI is InChI=1S/C31H49NO8/c1-9-22(6)16-30(35)38-23(7)19-32-25(31(36)37-8)17-24-12-13-26(39-28(33)14-10-20(2)3)27(18-24)40-29(34)15-11-21(4)5/h12-13,18,20-23,25,32H,9-11,14-17,19H2,1-8H3/t22?,23?,25-/m0/s1. The average molecular weight is 564 g/mol. The Morgan fingerprint density at radius 1 is 0.825 bits per heavy atom. The highest BCUT2D eigenvalue weighted by Gasteiger charge is 2.23. The fourth-order valence-electron chi connectivity index (χ4n) is 3.67. The molecule has 9 nitrogen and oxygen atoms in total. The van der Waals surface area contributed by atoms with Gasteiger partial charge in [0.2, 0.25) is 0 Å². The van der Waals surface area contributed by atoms with Gasteiger partial charge >= 0.3 is 23.9 Å². The molecule has 3 atom stereocenters. The Hall–Kier alpha value is -2.94. The molecule has 9 heteroatoms. The van der Waals surface area contributed by atoms with Crippen molar-refractivity contribution in [3.8, 4) is 11.5 Å². The summed E-state index contributed by atoms with van der Waals surface area (Å²) in [7, 11) is 1.30. The topological polar surface area (TPSA) is 117 Å². The van der Waals surface area contributed by atoms with Gasteiger partial charge in [-0.2, -0.15) is 0 Å². The van der Waals surface area contributed by atoms with Gasteiger partial charge in [-0.25, -0.2) is 0 Å². The number of ether oxygens (including phenoxy) is 4. The van der Waals surface area contributed by atoms with E-state index in [2.05, 4.69) is 5.32 Å². The summed E-state index contributed by atoms with van der Waals surface area (Å²) in [6, 6.07) is 4.14. The molecule has 226 valence electrons. The van der Waals surface area contributed by atoms with E-state index in [0.29, 0.717) is 36.7 Å². The summed E-state index contributed by atoms with van der Waals surface area (Å²) in [5, 5.41) is 3.11. The fourth-order valence-corrected chi connectivity index (χ4v) is 3.67. The lowest BCUT2D eigenvalue weighted by Gasteiger charge is -2.21. The third-order valence-electron chi connectivity index (χ3n) is 6.43. The molecular formula is C31H49NO8. The summed E-state index contributed by atoms with van der Waals surface area (Å²) < 4.78 is 21.6. The van der Waals surface area contributed by atoms with Crippen molar-refractivity contribution < 1.29 is 38.1 Å². The molecule has 0 fully saturated rings. The first kappa shape index (κ1) is 35.1. The van der Waals surface area contributed by atoms with Crippen molar-refractivity contribution in [2.24, 2.45) is 17.8 Å². The van der Waals surface area contributed by atoms with Crippen molar-refractivity contribution in [2.45, 2.75) is 106 Å². The number of rotatable bonds is 18. The number of methoxy groups -OCH3 is 1. The highest BCUT2D eigenvalue weighted by Crippen LogP contribution is 2.30. The lowest BCUT2D eigenvalue weighted by molar-refractivity contribution is -0.149. The number of carbonyl (C=O) groups is 4. The number of hydrogen-bond acceptors (Lipinski definition) is 9. The molecule has 0 spiro atoms. The SMILES string of the molecule is CCC(C)CC(=O)OC(C)CN[C@@H](Cc1ccc(OC(=O)CCC(C)C)c(OC(=O)CCC(C)C)c1)C(=O)OC. The van der Waals surface area contributed by atoms with Crippen LogP contribution in [-0.2, 0) is 35.1 Å².